The minimum atomic E-state index is -3.49. The van der Waals surface area contributed by atoms with E-state index in [-0.39, 0.29) is 10.8 Å². The van der Waals surface area contributed by atoms with Crippen molar-refractivity contribution in [3.05, 3.63) is 33.9 Å². The standard InChI is InChI=1S/C11H14ClN3O2S2/c1-8-9(6-13-15(8)3)7-14(2)19(16,17)11-5-4-10(12)18-11/h4-6H,7H2,1-3H3. The van der Waals surface area contributed by atoms with E-state index in [2.05, 4.69) is 5.10 Å². The van der Waals surface area contributed by atoms with Crippen molar-refractivity contribution in [1.29, 1.82) is 0 Å². The number of halogens is 1. The third kappa shape index (κ3) is 2.84. The summed E-state index contributed by atoms with van der Waals surface area (Å²) in [6.45, 7) is 2.20. The summed E-state index contributed by atoms with van der Waals surface area (Å²) in [5, 5.41) is 4.10. The van der Waals surface area contributed by atoms with Gasteiger partial charge in [0.25, 0.3) is 10.0 Å². The molecule has 2 heterocycles. The molecule has 0 aliphatic carbocycles. The molecular formula is C11H14ClN3O2S2. The molecule has 0 N–H and O–H groups in total. The summed E-state index contributed by atoms with van der Waals surface area (Å²) in [6, 6.07) is 3.11. The Kier molecular flexibility index (Phi) is 4.00. The number of nitrogens with zero attached hydrogens (tertiary/aromatic N) is 3. The zero-order chi connectivity index (χ0) is 14.2. The van der Waals surface area contributed by atoms with E-state index in [4.69, 9.17) is 11.6 Å². The van der Waals surface area contributed by atoms with Crippen molar-refractivity contribution in [3.63, 3.8) is 0 Å². The Balaban J connectivity index is 2.24. The summed E-state index contributed by atoms with van der Waals surface area (Å²) in [5.74, 6) is 0. The topological polar surface area (TPSA) is 55.2 Å². The zero-order valence-electron chi connectivity index (χ0n) is 10.8. The molecule has 0 aliphatic heterocycles. The van der Waals surface area contributed by atoms with Crippen LogP contribution in [-0.2, 0) is 23.6 Å². The first-order valence-corrected chi connectivity index (χ1v) is 8.15. The first kappa shape index (κ1) is 14.5. The van der Waals surface area contributed by atoms with Gasteiger partial charge in [0, 0.05) is 31.9 Å². The molecule has 2 aromatic heterocycles. The maximum absolute atomic E-state index is 12.3. The van der Waals surface area contributed by atoms with Crippen molar-refractivity contribution >= 4 is 33.0 Å². The van der Waals surface area contributed by atoms with Gasteiger partial charge in [-0.1, -0.05) is 11.6 Å². The normalized spacial score (nSPS) is 12.3. The lowest BCUT2D eigenvalue weighted by atomic mass is 10.3. The fourth-order valence-electron chi connectivity index (χ4n) is 1.61. The molecule has 5 nitrogen and oxygen atoms in total. The third-order valence-electron chi connectivity index (χ3n) is 2.94. The van der Waals surface area contributed by atoms with Gasteiger partial charge in [-0.05, 0) is 19.1 Å². The van der Waals surface area contributed by atoms with Crippen LogP contribution in [0.5, 0.6) is 0 Å². The third-order valence-corrected chi connectivity index (χ3v) is 6.44. The largest absolute Gasteiger partial charge is 0.273 e. The first-order chi connectivity index (χ1) is 8.82. The molecule has 8 heteroatoms. The fraction of sp³-hybridized carbons (Fsp3) is 0.364. The number of hydrogen-bond donors (Lipinski definition) is 0. The van der Waals surface area contributed by atoms with Gasteiger partial charge in [-0.2, -0.15) is 9.40 Å². The summed E-state index contributed by atoms with van der Waals surface area (Å²) in [7, 11) is -0.117. The second-order valence-corrected chi connectivity index (χ2v) is 8.19. The molecule has 0 spiro atoms. The van der Waals surface area contributed by atoms with Gasteiger partial charge < -0.3 is 0 Å². The van der Waals surface area contributed by atoms with Crippen molar-refractivity contribution in [2.75, 3.05) is 7.05 Å². The van der Waals surface area contributed by atoms with Gasteiger partial charge >= 0.3 is 0 Å². The molecule has 0 fully saturated rings. The average molecular weight is 320 g/mol. The van der Waals surface area contributed by atoms with E-state index in [0.717, 1.165) is 22.6 Å². The van der Waals surface area contributed by atoms with E-state index < -0.39 is 10.0 Å². The molecule has 104 valence electrons. The van der Waals surface area contributed by atoms with Crippen LogP contribution in [0.4, 0.5) is 0 Å². The van der Waals surface area contributed by atoms with E-state index in [9.17, 15) is 8.42 Å². The molecule has 0 saturated carbocycles. The predicted octanol–water partition coefficient (Wildman–Crippen LogP) is 2.26. The molecule has 0 unspecified atom stereocenters. The number of aryl methyl sites for hydroxylation is 1. The maximum atomic E-state index is 12.3. The van der Waals surface area contributed by atoms with E-state index in [1.54, 1.807) is 24.0 Å². The van der Waals surface area contributed by atoms with Gasteiger partial charge in [-0.15, -0.1) is 11.3 Å². The van der Waals surface area contributed by atoms with Crippen LogP contribution in [0.25, 0.3) is 0 Å². The minimum absolute atomic E-state index is 0.251. The first-order valence-electron chi connectivity index (χ1n) is 5.51. The lowest BCUT2D eigenvalue weighted by molar-refractivity contribution is 0.467. The summed E-state index contributed by atoms with van der Waals surface area (Å²) in [6.07, 6.45) is 1.68. The van der Waals surface area contributed by atoms with Crippen molar-refractivity contribution in [2.45, 2.75) is 17.7 Å². The Hall–Kier alpha value is -0.890. The molecule has 0 atom stereocenters. The van der Waals surface area contributed by atoms with Gasteiger partial charge in [-0.3, -0.25) is 4.68 Å². The van der Waals surface area contributed by atoms with Gasteiger partial charge in [0.15, 0.2) is 0 Å². The Morgan fingerprint density at radius 2 is 2.16 bits per heavy atom. The molecule has 0 aliphatic rings. The van der Waals surface area contributed by atoms with Crippen molar-refractivity contribution in [2.24, 2.45) is 7.05 Å². The monoisotopic (exact) mass is 319 g/mol. The number of aromatic nitrogens is 2. The zero-order valence-corrected chi connectivity index (χ0v) is 13.2. The average Bonchev–Trinajstić information content (AvgIpc) is 2.90. The van der Waals surface area contributed by atoms with Gasteiger partial charge in [0.2, 0.25) is 0 Å². The Morgan fingerprint density at radius 1 is 1.47 bits per heavy atom. The van der Waals surface area contributed by atoms with E-state index in [1.165, 1.54) is 10.4 Å². The van der Waals surface area contributed by atoms with Crippen LogP contribution >= 0.6 is 22.9 Å². The van der Waals surface area contributed by atoms with E-state index in [1.807, 2.05) is 14.0 Å². The van der Waals surface area contributed by atoms with Crippen molar-refractivity contribution in [3.8, 4) is 0 Å². The predicted molar refractivity (Wildman–Crippen MR) is 75.9 cm³/mol. The summed E-state index contributed by atoms with van der Waals surface area (Å²) in [5.41, 5.74) is 1.84. The second-order valence-electron chi connectivity index (χ2n) is 4.20. The van der Waals surface area contributed by atoms with Crippen LogP contribution in [-0.4, -0.2) is 29.6 Å². The van der Waals surface area contributed by atoms with Crippen molar-refractivity contribution in [1.82, 2.24) is 14.1 Å². The van der Waals surface area contributed by atoms with E-state index >= 15 is 0 Å². The Bertz CT molecular complexity index is 691. The maximum Gasteiger partial charge on any atom is 0.252 e. The lowest BCUT2D eigenvalue weighted by Crippen LogP contribution is -2.26. The van der Waals surface area contributed by atoms with Gasteiger partial charge in [0.05, 0.1) is 10.5 Å². The summed E-state index contributed by atoms with van der Waals surface area (Å²) in [4.78, 5) is 0. The molecule has 2 rings (SSSR count). The molecule has 0 saturated heterocycles. The quantitative estimate of drug-likeness (QED) is 0.868. The highest BCUT2D eigenvalue weighted by Crippen LogP contribution is 2.28. The van der Waals surface area contributed by atoms with Crippen LogP contribution in [0.3, 0.4) is 0 Å². The lowest BCUT2D eigenvalue weighted by Gasteiger charge is -2.15. The highest BCUT2D eigenvalue weighted by Gasteiger charge is 2.23. The molecule has 0 radical (unpaired) electrons. The van der Waals surface area contributed by atoms with Crippen LogP contribution in [0.1, 0.15) is 11.3 Å². The van der Waals surface area contributed by atoms with Gasteiger partial charge in [0.1, 0.15) is 4.21 Å². The van der Waals surface area contributed by atoms with E-state index in [0.29, 0.717) is 4.34 Å². The molecule has 2 aromatic rings. The van der Waals surface area contributed by atoms with Crippen LogP contribution in [0.15, 0.2) is 22.5 Å². The summed E-state index contributed by atoms with van der Waals surface area (Å²) >= 11 is 6.84. The highest BCUT2D eigenvalue weighted by molar-refractivity contribution is 7.91. The molecular weight excluding hydrogens is 306 g/mol. The SMILES string of the molecule is Cc1c(CN(C)S(=O)(=O)c2ccc(Cl)s2)cnn1C. The molecule has 0 amide bonds. The van der Waals surface area contributed by atoms with Crippen LogP contribution in [0.2, 0.25) is 4.34 Å². The highest BCUT2D eigenvalue weighted by atomic mass is 35.5. The fourth-order valence-corrected chi connectivity index (χ4v) is 4.46. The molecule has 0 bridgehead atoms. The number of rotatable bonds is 4. The van der Waals surface area contributed by atoms with Gasteiger partial charge in [-0.25, -0.2) is 8.42 Å². The number of sulfonamides is 1. The second kappa shape index (κ2) is 5.24. The number of hydrogen-bond acceptors (Lipinski definition) is 4. The smallest absolute Gasteiger partial charge is 0.252 e. The number of thiophene rings is 1. The minimum Gasteiger partial charge on any atom is -0.273 e. The Morgan fingerprint density at radius 3 is 2.63 bits per heavy atom. The van der Waals surface area contributed by atoms with Crippen LogP contribution in [0, 0.1) is 6.92 Å². The molecule has 0 aromatic carbocycles. The molecule has 19 heavy (non-hydrogen) atoms. The van der Waals surface area contributed by atoms with Crippen LogP contribution < -0.4 is 0 Å². The Labute approximate surface area is 121 Å². The summed E-state index contributed by atoms with van der Waals surface area (Å²) < 4.78 is 28.4. The van der Waals surface area contributed by atoms with Crippen molar-refractivity contribution < 1.29 is 8.42 Å².